The number of hydrogen-bond acceptors (Lipinski definition) is 5. The normalized spacial score (nSPS) is 11.6. The van der Waals surface area contributed by atoms with E-state index in [0.29, 0.717) is 17.5 Å². The maximum absolute atomic E-state index is 6.51. The van der Waals surface area contributed by atoms with Crippen LogP contribution in [-0.4, -0.2) is 15.0 Å². The van der Waals surface area contributed by atoms with E-state index in [-0.39, 0.29) is 0 Å². The van der Waals surface area contributed by atoms with Gasteiger partial charge in [0, 0.05) is 38.2 Å². The summed E-state index contributed by atoms with van der Waals surface area (Å²) in [6, 6.07) is 64.5. The third-order valence-corrected chi connectivity index (χ3v) is 10.6. The van der Waals surface area contributed by atoms with Gasteiger partial charge in [0.25, 0.3) is 0 Å². The van der Waals surface area contributed by atoms with Crippen molar-refractivity contribution >= 4 is 43.9 Å². The van der Waals surface area contributed by atoms with Gasteiger partial charge in [-0.2, -0.15) is 0 Å². The van der Waals surface area contributed by atoms with Gasteiger partial charge >= 0.3 is 0 Å². The van der Waals surface area contributed by atoms with Gasteiger partial charge < -0.3 is 8.83 Å². The molecule has 0 amide bonds. The second-order valence-electron chi connectivity index (χ2n) is 13.9. The molecule has 5 nitrogen and oxygen atoms in total. The Kier molecular flexibility index (Phi) is 7.42. The second kappa shape index (κ2) is 13.0. The van der Waals surface area contributed by atoms with Gasteiger partial charge in [0.05, 0.1) is 0 Å². The molecule has 0 saturated heterocycles. The highest BCUT2D eigenvalue weighted by Gasteiger charge is 2.21. The molecule has 0 N–H and O–H groups in total. The van der Waals surface area contributed by atoms with Gasteiger partial charge in [-0.1, -0.05) is 152 Å². The van der Waals surface area contributed by atoms with E-state index in [1.54, 1.807) is 0 Å². The molecule has 8 aromatic carbocycles. The van der Waals surface area contributed by atoms with Crippen LogP contribution in [0.1, 0.15) is 0 Å². The molecule has 0 aliphatic rings. The average molecular weight is 718 g/mol. The molecule has 5 heteroatoms. The number of hydrogen-bond donors (Lipinski definition) is 0. The molecule has 0 fully saturated rings. The van der Waals surface area contributed by atoms with Crippen molar-refractivity contribution in [2.24, 2.45) is 0 Å². The van der Waals surface area contributed by atoms with Crippen LogP contribution < -0.4 is 0 Å². The van der Waals surface area contributed by atoms with Crippen molar-refractivity contribution in [2.45, 2.75) is 0 Å². The fraction of sp³-hybridized carbons (Fsp3) is 0. The van der Waals surface area contributed by atoms with Crippen LogP contribution in [0.15, 0.2) is 197 Å². The molecule has 3 aromatic heterocycles. The number of aromatic nitrogens is 3. The lowest BCUT2D eigenvalue weighted by Gasteiger charge is -2.11. The van der Waals surface area contributed by atoms with Gasteiger partial charge in [0.2, 0.25) is 0 Å². The van der Waals surface area contributed by atoms with Gasteiger partial charge in [0.15, 0.2) is 17.5 Å². The van der Waals surface area contributed by atoms with Crippen LogP contribution in [-0.2, 0) is 0 Å². The summed E-state index contributed by atoms with van der Waals surface area (Å²) in [5.41, 5.74) is 12.6. The van der Waals surface area contributed by atoms with Gasteiger partial charge in [-0.3, -0.25) is 0 Å². The van der Waals surface area contributed by atoms with Gasteiger partial charge in [-0.25, -0.2) is 15.0 Å². The summed E-state index contributed by atoms with van der Waals surface area (Å²) >= 11 is 0. The molecule has 0 spiro atoms. The number of benzene rings is 8. The number of nitrogens with zero attached hydrogens (tertiary/aromatic N) is 3. The summed E-state index contributed by atoms with van der Waals surface area (Å²) in [5.74, 6) is 1.71. The first-order valence-electron chi connectivity index (χ1n) is 18.7. The molecule has 0 atom stereocenters. The summed E-state index contributed by atoms with van der Waals surface area (Å²) < 4.78 is 12.9. The first-order valence-corrected chi connectivity index (χ1v) is 18.7. The van der Waals surface area contributed by atoms with E-state index < -0.39 is 0 Å². The third-order valence-electron chi connectivity index (χ3n) is 10.6. The van der Waals surface area contributed by atoms with Crippen LogP contribution in [0, 0.1) is 0 Å². The van der Waals surface area contributed by atoms with E-state index in [1.165, 1.54) is 11.1 Å². The first-order chi connectivity index (χ1) is 27.7. The van der Waals surface area contributed by atoms with Gasteiger partial charge in [-0.15, -0.1) is 0 Å². The highest BCUT2D eigenvalue weighted by molar-refractivity contribution is 6.14. The first kappa shape index (κ1) is 31.9. The molecule has 56 heavy (non-hydrogen) atoms. The molecule has 0 bridgehead atoms. The SMILES string of the molecule is c1ccc(-c2ccc3oc4cccc(-c5nc(-c6ccccc6)nc(-c6cccc7oc8ccc(-c9ccccc9-c9ccccc9)cc8c67)n5)c4c3c2)cc1. The number of fused-ring (bicyclic) bond motifs is 6. The maximum Gasteiger partial charge on any atom is 0.164 e. The van der Waals surface area contributed by atoms with Crippen molar-refractivity contribution in [1.29, 1.82) is 0 Å². The topological polar surface area (TPSA) is 65.0 Å². The van der Waals surface area contributed by atoms with Crippen molar-refractivity contribution in [3.05, 3.63) is 188 Å². The monoisotopic (exact) mass is 717 g/mol. The van der Waals surface area contributed by atoms with Crippen LogP contribution in [0.3, 0.4) is 0 Å². The van der Waals surface area contributed by atoms with Crippen molar-refractivity contribution < 1.29 is 8.83 Å². The van der Waals surface area contributed by atoms with Gasteiger partial charge in [0.1, 0.15) is 22.3 Å². The smallest absolute Gasteiger partial charge is 0.164 e. The van der Waals surface area contributed by atoms with Crippen molar-refractivity contribution in [3.8, 4) is 67.5 Å². The lowest BCUT2D eigenvalue weighted by atomic mass is 9.93. The van der Waals surface area contributed by atoms with Crippen LogP contribution >= 0.6 is 0 Å². The summed E-state index contributed by atoms with van der Waals surface area (Å²) in [6.45, 7) is 0. The van der Waals surface area contributed by atoms with E-state index in [1.807, 2.05) is 72.8 Å². The Bertz CT molecular complexity index is 3240. The summed E-state index contributed by atoms with van der Waals surface area (Å²) in [4.78, 5) is 15.6. The predicted octanol–water partition coefficient (Wildman–Crippen LogP) is 13.7. The number of rotatable bonds is 6. The Morgan fingerprint density at radius 1 is 0.268 bits per heavy atom. The Labute approximate surface area is 322 Å². The highest BCUT2D eigenvalue weighted by atomic mass is 16.3. The van der Waals surface area contributed by atoms with E-state index in [4.69, 9.17) is 23.8 Å². The van der Waals surface area contributed by atoms with E-state index in [2.05, 4.69) is 115 Å². The molecule has 0 radical (unpaired) electrons. The Hall–Kier alpha value is -7.63. The lowest BCUT2D eigenvalue weighted by Crippen LogP contribution is -2.00. The fourth-order valence-corrected chi connectivity index (χ4v) is 7.94. The maximum atomic E-state index is 6.51. The lowest BCUT2D eigenvalue weighted by molar-refractivity contribution is 0.668. The zero-order valence-electron chi connectivity index (χ0n) is 30.1. The molecular formula is C51H31N3O2. The molecule has 11 aromatic rings. The van der Waals surface area contributed by atoms with Crippen molar-refractivity contribution in [3.63, 3.8) is 0 Å². The van der Waals surface area contributed by atoms with Gasteiger partial charge in [-0.05, 0) is 69.8 Å². The van der Waals surface area contributed by atoms with Crippen molar-refractivity contribution in [1.82, 2.24) is 15.0 Å². The average Bonchev–Trinajstić information content (AvgIpc) is 3.85. The molecule has 11 rings (SSSR count). The Balaban J connectivity index is 1.13. The Morgan fingerprint density at radius 3 is 1.27 bits per heavy atom. The van der Waals surface area contributed by atoms with Crippen LogP contribution in [0.4, 0.5) is 0 Å². The summed E-state index contributed by atoms with van der Waals surface area (Å²) in [6.07, 6.45) is 0. The molecule has 0 aliphatic carbocycles. The molecule has 0 saturated carbocycles. The summed E-state index contributed by atoms with van der Waals surface area (Å²) in [5, 5.41) is 3.92. The third kappa shape index (κ3) is 5.37. The zero-order chi connectivity index (χ0) is 37.0. The fourth-order valence-electron chi connectivity index (χ4n) is 7.94. The largest absolute Gasteiger partial charge is 0.456 e. The van der Waals surface area contributed by atoms with E-state index in [9.17, 15) is 0 Å². The minimum Gasteiger partial charge on any atom is -0.456 e. The van der Waals surface area contributed by atoms with E-state index >= 15 is 0 Å². The summed E-state index contributed by atoms with van der Waals surface area (Å²) in [7, 11) is 0. The molecule has 3 heterocycles. The molecule has 262 valence electrons. The number of furan rings is 2. The quantitative estimate of drug-likeness (QED) is 0.171. The zero-order valence-corrected chi connectivity index (χ0v) is 30.1. The minimum absolute atomic E-state index is 0.562. The highest BCUT2D eigenvalue weighted by Crippen LogP contribution is 2.42. The van der Waals surface area contributed by atoms with E-state index in [0.717, 1.165) is 82.8 Å². The Morgan fingerprint density at radius 2 is 0.696 bits per heavy atom. The predicted molar refractivity (Wildman–Crippen MR) is 227 cm³/mol. The molecule has 0 aliphatic heterocycles. The van der Waals surface area contributed by atoms with Crippen LogP contribution in [0.5, 0.6) is 0 Å². The molecular weight excluding hydrogens is 687 g/mol. The molecule has 0 unspecified atom stereocenters. The second-order valence-corrected chi connectivity index (χ2v) is 13.9. The minimum atomic E-state index is 0.562. The standard InChI is InChI=1S/C51H31N3O2/c1-4-14-32(15-5-1)35-26-28-43-41(30-35)47-39(22-12-24-45(47)55-43)50-52-49(34-18-8-3-9-19-34)53-51(54-50)40-23-13-25-46-48(40)42-31-36(27-29-44(42)56-46)38-21-11-10-20-37(38)33-16-6-2-7-17-33/h1-31H. The van der Waals surface area contributed by atoms with Crippen LogP contribution in [0.25, 0.3) is 111 Å². The van der Waals surface area contributed by atoms with Crippen molar-refractivity contribution in [2.75, 3.05) is 0 Å². The van der Waals surface area contributed by atoms with Crippen LogP contribution in [0.2, 0.25) is 0 Å².